The Balaban J connectivity index is 2.23. The number of aliphatic imine (C=N–C) groups is 1. The van der Waals surface area contributed by atoms with Gasteiger partial charge in [0.2, 0.25) is 0 Å². The van der Waals surface area contributed by atoms with Crippen LogP contribution in [0.15, 0.2) is 35.5 Å². The van der Waals surface area contributed by atoms with E-state index in [4.69, 9.17) is 0 Å². The van der Waals surface area contributed by atoms with Gasteiger partial charge in [0.25, 0.3) is 0 Å². The van der Waals surface area contributed by atoms with Crippen molar-refractivity contribution >= 4 is 27.8 Å². The van der Waals surface area contributed by atoms with Crippen molar-refractivity contribution in [3.05, 3.63) is 46.7 Å². The van der Waals surface area contributed by atoms with E-state index in [-0.39, 0.29) is 11.9 Å². The van der Waals surface area contributed by atoms with Gasteiger partial charge in [-0.3, -0.25) is 4.99 Å². The molecule has 0 fully saturated rings. The molecule has 0 aliphatic carbocycles. The number of fused-ring (bicyclic) bond motifs is 1. The lowest BCUT2D eigenvalue weighted by Gasteiger charge is -2.11. The van der Waals surface area contributed by atoms with Crippen LogP contribution in [0.4, 0.5) is 4.39 Å². The van der Waals surface area contributed by atoms with Crippen molar-refractivity contribution in [3.8, 4) is 0 Å². The van der Waals surface area contributed by atoms with Crippen molar-refractivity contribution in [1.82, 2.24) is 5.32 Å². The summed E-state index contributed by atoms with van der Waals surface area (Å²) in [5, 5.41) is 3.89. The van der Waals surface area contributed by atoms with Crippen LogP contribution in [0.1, 0.15) is 16.5 Å². The van der Waals surface area contributed by atoms with Gasteiger partial charge in [0.1, 0.15) is 5.82 Å². The van der Waals surface area contributed by atoms with Crippen LogP contribution >= 0.6 is 11.3 Å². The van der Waals surface area contributed by atoms with Crippen LogP contribution in [-0.4, -0.2) is 6.34 Å². The van der Waals surface area contributed by atoms with Crippen LogP contribution in [0.2, 0.25) is 0 Å². The maximum atomic E-state index is 13.3. The molecule has 1 aliphatic rings. The van der Waals surface area contributed by atoms with Crippen molar-refractivity contribution in [2.75, 3.05) is 0 Å². The second-order valence-corrected chi connectivity index (χ2v) is 5.22. The monoisotopic (exact) mass is 246 g/mol. The second kappa shape index (κ2) is 3.96. The molecule has 0 amide bonds. The summed E-state index contributed by atoms with van der Waals surface area (Å²) in [7, 11) is 0. The summed E-state index contributed by atoms with van der Waals surface area (Å²) in [6, 6.07) is 4.93. The van der Waals surface area contributed by atoms with Gasteiger partial charge in [0.05, 0.1) is 12.4 Å². The highest BCUT2D eigenvalue weighted by Crippen LogP contribution is 2.37. The Labute approximate surface area is 102 Å². The van der Waals surface area contributed by atoms with E-state index in [1.165, 1.54) is 10.9 Å². The van der Waals surface area contributed by atoms with E-state index in [1.807, 2.05) is 18.3 Å². The van der Waals surface area contributed by atoms with Gasteiger partial charge in [-0.1, -0.05) is 0 Å². The first-order valence-electron chi connectivity index (χ1n) is 5.38. The molecule has 0 bridgehead atoms. The van der Waals surface area contributed by atoms with Crippen LogP contribution in [-0.2, 0) is 0 Å². The van der Waals surface area contributed by atoms with E-state index in [0.717, 1.165) is 15.6 Å². The molecule has 4 heteroatoms. The molecule has 1 N–H and O–H groups in total. The lowest BCUT2D eigenvalue weighted by Crippen LogP contribution is -2.08. The predicted molar refractivity (Wildman–Crippen MR) is 70.0 cm³/mol. The van der Waals surface area contributed by atoms with Crippen LogP contribution < -0.4 is 5.32 Å². The summed E-state index contributed by atoms with van der Waals surface area (Å²) in [5.74, 6) is -0.196. The van der Waals surface area contributed by atoms with Crippen molar-refractivity contribution < 1.29 is 4.39 Å². The average molecular weight is 246 g/mol. The van der Waals surface area contributed by atoms with E-state index in [2.05, 4.69) is 17.2 Å². The Morgan fingerprint density at radius 3 is 3.06 bits per heavy atom. The lowest BCUT2D eigenvalue weighted by molar-refractivity contribution is 0.629. The quantitative estimate of drug-likeness (QED) is 0.817. The van der Waals surface area contributed by atoms with Gasteiger partial charge in [-0.2, -0.15) is 0 Å². The largest absolute Gasteiger partial charge is 0.353 e. The first-order valence-corrected chi connectivity index (χ1v) is 6.20. The molecule has 3 rings (SSSR count). The predicted octanol–water partition coefficient (Wildman–Crippen LogP) is 3.54. The number of thiophene rings is 1. The Kier molecular flexibility index (Phi) is 2.44. The van der Waals surface area contributed by atoms with E-state index in [9.17, 15) is 4.39 Å². The van der Waals surface area contributed by atoms with Gasteiger partial charge in [-0.25, -0.2) is 4.39 Å². The van der Waals surface area contributed by atoms with Gasteiger partial charge in [-0.05, 0) is 31.2 Å². The third-order valence-electron chi connectivity index (χ3n) is 2.85. The Bertz CT molecular complexity index is 616. The molecule has 86 valence electrons. The summed E-state index contributed by atoms with van der Waals surface area (Å²) in [6.07, 6.45) is 5.52. The molecule has 2 heterocycles. The fourth-order valence-corrected chi connectivity index (χ4v) is 3.20. The Morgan fingerprint density at radius 1 is 1.41 bits per heavy atom. The van der Waals surface area contributed by atoms with Crippen molar-refractivity contribution in [3.63, 3.8) is 0 Å². The van der Waals surface area contributed by atoms with E-state index in [1.54, 1.807) is 23.7 Å². The Hall–Kier alpha value is -1.68. The number of hydrogen-bond acceptors (Lipinski definition) is 3. The molecule has 1 atom stereocenters. The van der Waals surface area contributed by atoms with Gasteiger partial charge in [-0.15, -0.1) is 11.3 Å². The Morgan fingerprint density at radius 2 is 2.29 bits per heavy atom. The number of rotatable bonds is 1. The van der Waals surface area contributed by atoms with E-state index in [0.29, 0.717) is 0 Å². The maximum Gasteiger partial charge on any atom is 0.123 e. The molecular weight excluding hydrogens is 235 g/mol. The lowest BCUT2D eigenvalue weighted by atomic mass is 10.0. The summed E-state index contributed by atoms with van der Waals surface area (Å²) >= 11 is 1.69. The molecule has 2 aromatic rings. The molecule has 2 nitrogen and oxygen atoms in total. The second-order valence-electron chi connectivity index (χ2n) is 3.96. The fraction of sp³-hybridized carbons (Fsp3) is 0.154. The maximum absolute atomic E-state index is 13.3. The molecule has 17 heavy (non-hydrogen) atoms. The summed E-state index contributed by atoms with van der Waals surface area (Å²) < 4.78 is 14.4. The number of hydrogen-bond donors (Lipinski definition) is 1. The van der Waals surface area contributed by atoms with Crippen LogP contribution in [0, 0.1) is 12.7 Å². The third-order valence-corrected chi connectivity index (χ3v) is 3.96. The topological polar surface area (TPSA) is 24.4 Å². The summed E-state index contributed by atoms with van der Waals surface area (Å²) in [5.41, 5.74) is 1.11. The standard InChI is InChI=1S/C13H11FN2S/c1-8-13(11-4-5-15-7-16-11)10-6-9(14)2-3-12(10)17-8/h2-7,11H,1H3,(H,15,16). The van der Waals surface area contributed by atoms with E-state index >= 15 is 0 Å². The average Bonchev–Trinajstić information content (AvgIpc) is 2.65. The zero-order chi connectivity index (χ0) is 11.8. The molecule has 1 aromatic carbocycles. The highest BCUT2D eigenvalue weighted by atomic mass is 32.1. The first kappa shape index (κ1) is 10.5. The first-order chi connectivity index (χ1) is 8.25. The summed E-state index contributed by atoms with van der Waals surface area (Å²) in [6.45, 7) is 2.06. The van der Waals surface area contributed by atoms with Crippen LogP contribution in [0.5, 0.6) is 0 Å². The molecular formula is C13H11FN2S. The molecule has 0 spiro atoms. The number of benzene rings is 1. The number of halogens is 1. The molecule has 1 aliphatic heterocycles. The van der Waals surface area contributed by atoms with Crippen molar-refractivity contribution in [2.45, 2.75) is 13.0 Å². The molecule has 0 saturated carbocycles. The molecule has 1 aromatic heterocycles. The molecule has 1 unspecified atom stereocenters. The fourth-order valence-electron chi connectivity index (χ4n) is 2.11. The SMILES string of the molecule is Cc1sc2ccc(F)cc2c1C1C=CNC=N1. The van der Waals surface area contributed by atoms with Gasteiger partial charge < -0.3 is 5.32 Å². The van der Waals surface area contributed by atoms with Crippen molar-refractivity contribution in [1.29, 1.82) is 0 Å². The third kappa shape index (κ3) is 1.74. The minimum Gasteiger partial charge on any atom is -0.353 e. The number of nitrogens with one attached hydrogen (secondary N) is 1. The van der Waals surface area contributed by atoms with Crippen LogP contribution in [0.3, 0.4) is 0 Å². The molecule has 0 radical (unpaired) electrons. The number of nitrogens with zero attached hydrogens (tertiary/aromatic N) is 1. The highest BCUT2D eigenvalue weighted by molar-refractivity contribution is 7.19. The zero-order valence-electron chi connectivity index (χ0n) is 9.27. The molecule has 0 saturated heterocycles. The smallest absolute Gasteiger partial charge is 0.123 e. The highest BCUT2D eigenvalue weighted by Gasteiger charge is 2.17. The van der Waals surface area contributed by atoms with Crippen LogP contribution in [0.25, 0.3) is 10.1 Å². The summed E-state index contributed by atoms with van der Waals surface area (Å²) in [4.78, 5) is 5.57. The number of aryl methyl sites for hydroxylation is 1. The minimum atomic E-state index is -0.196. The van der Waals surface area contributed by atoms with E-state index < -0.39 is 0 Å². The van der Waals surface area contributed by atoms with Gasteiger partial charge in [0, 0.05) is 26.7 Å². The van der Waals surface area contributed by atoms with Gasteiger partial charge >= 0.3 is 0 Å². The zero-order valence-corrected chi connectivity index (χ0v) is 10.1. The minimum absolute atomic E-state index is 0.00759. The normalized spacial score (nSPS) is 18.6. The van der Waals surface area contributed by atoms with Gasteiger partial charge in [0.15, 0.2) is 0 Å². The van der Waals surface area contributed by atoms with Crippen molar-refractivity contribution in [2.24, 2.45) is 4.99 Å².